The van der Waals surface area contributed by atoms with Gasteiger partial charge in [-0.25, -0.2) is 4.98 Å². The third kappa shape index (κ3) is 2.66. The summed E-state index contributed by atoms with van der Waals surface area (Å²) >= 11 is 7.70. The predicted molar refractivity (Wildman–Crippen MR) is 96.8 cm³/mol. The van der Waals surface area contributed by atoms with Crippen molar-refractivity contribution in [3.05, 3.63) is 23.2 Å². The molecule has 1 spiro atoms. The zero-order chi connectivity index (χ0) is 16.7. The standard InChI is InChI=1S/C17H20ClN3O2S/c18-12-2-3-13-14(10-12)24-16(19-13)21-7-5-17(11-21)4-1-6-20(8-9-22)15(17)23/h2-3,10,22H,1,4-9,11H2/t17-/m0/s1. The smallest absolute Gasteiger partial charge is 0.230 e. The van der Waals surface area contributed by atoms with Gasteiger partial charge in [-0.1, -0.05) is 22.9 Å². The van der Waals surface area contributed by atoms with Crippen molar-refractivity contribution in [3.63, 3.8) is 0 Å². The normalized spacial score (nSPS) is 24.5. The largest absolute Gasteiger partial charge is 0.395 e. The van der Waals surface area contributed by atoms with Crippen LogP contribution in [-0.4, -0.2) is 53.7 Å². The van der Waals surface area contributed by atoms with Crippen LogP contribution in [0.1, 0.15) is 19.3 Å². The van der Waals surface area contributed by atoms with Crippen molar-refractivity contribution in [1.29, 1.82) is 0 Å². The molecule has 2 aliphatic heterocycles. The Morgan fingerprint density at radius 1 is 1.33 bits per heavy atom. The molecule has 4 rings (SSSR count). The van der Waals surface area contributed by atoms with Crippen molar-refractivity contribution in [1.82, 2.24) is 9.88 Å². The molecule has 2 saturated heterocycles. The lowest BCUT2D eigenvalue weighted by Gasteiger charge is -2.39. The summed E-state index contributed by atoms with van der Waals surface area (Å²) in [5.41, 5.74) is 0.653. The Hall–Kier alpha value is -1.37. The Balaban J connectivity index is 1.57. The zero-order valence-corrected chi connectivity index (χ0v) is 14.9. The van der Waals surface area contributed by atoms with Gasteiger partial charge in [-0.3, -0.25) is 4.79 Å². The molecule has 0 radical (unpaired) electrons. The molecule has 7 heteroatoms. The number of amides is 1. The van der Waals surface area contributed by atoms with E-state index in [-0.39, 0.29) is 17.9 Å². The molecule has 24 heavy (non-hydrogen) atoms. The van der Waals surface area contributed by atoms with Crippen molar-refractivity contribution >= 4 is 44.2 Å². The third-order valence-corrected chi connectivity index (χ3v) is 6.47. The fraction of sp³-hybridized carbons (Fsp3) is 0.529. The second-order valence-electron chi connectivity index (χ2n) is 6.68. The van der Waals surface area contributed by atoms with E-state index < -0.39 is 0 Å². The van der Waals surface area contributed by atoms with Crippen LogP contribution in [0.2, 0.25) is 5.02 Å². The Labute approximate surface area is 149 Å². The van der Waals surface area contributed by atoms with Gasteiger partial charge in [0.05, 0.1) is 22.2 Å². The number of fused-ring (bicyclic) bond motifs is 1. The van der Waals surface area contributed by atoms with Crippen molar-refractivity contribution in [3.8, 4) is 0 Å². The highest BCUT2D eigenvalue weighted by atomic mass is 35.5. The molecule has 2 aliphatic rings. The first-order chi connectivity index (χ1) is 11.6. The Morgan fingerprint density at radius 2 is 2.21 bits per heavy atom. The first kappa shape index (κ1) is 16.1. The number of anilines is 1. The van der Waals surface area contributed by atoms with Crippen LogP contribution >= 0.6 is 22.9 Å². The molecule has 3 heterocycles. The van der Waals surface area contributed by atoms with Crippen LogP contribution in [0.5, 0.6) is 0 Å². The molecule has 1 aromatic carbocycles. The number of likely N-dealkylation sites (tertiary alicyclic amines) is 1. The van der Waals surface area contributed by atoms with Crippen LogP contribution in [0, 0.1) is 5.41 Å². The van der Waals surface area contributed by atoms with E-state index in [4.69, 9.17) is 16.6 Å². The molecule has 0 saturated carbocycles. The van der Waals surface area contributed by atoms with E-state index in [1.165, 1.54) is 0 Å². The number of aromatic nitrogens is 1. The number of nitrogens with zero attached hydrogens (tertiary/aromatic N) is 3. The summed E-state index contributed by atoms with van der Waals surface area (Å²) in [4.78, 5) is 21.7. The first-order valence-corrected chi connectivity index (χ1v) is 9.52. The summed E-state index contributed by atoms with van der Waals surface area (Å²) in [7, 11) is 0. The van der Waals surface area contributed by atoms with Crippen molar-refractivity contribution < 1.29 is 9.90 Å². The summed E-state index contributed by atoms with van der Waals surface area (Å²) < 4.78 is 1.08. The van der Waals surface area contributed by atoms with Crippen LogP contribution in [0.15, 0.2) is 18.2 Å². The van der Waals surface area contributed by atoms with Gasteiger partial charge >= 0.3 is 0 Å². The first-order valence-electron chi connectivity index (χ1n) is 8.33. The monoisotopic (exact) mass is 365 g/mol. The van der Waals surface area contributed by atoms with E-state index in [9.17, 15) is 9.90 Å². The van der Waals surface area contributed by atoms with Crippen molar-refractivity contribution in [2.24, 2.45) is 5.41 Å². The number of thiazole rings is 1. The van der Waals surface area contributed by atoms with Crippen molar-refractivity contribution in [2.75, 3.05) is 37.7 Å². The number of halogens is 1. The van der Waals surface area contributed by atoms with Crippen LogP contribution in [0.25, 0.3) is 10.2 Å². The summed E-state index contributed by atoms with van der Waals surface area (Å²) in [6.07, 6.45) is 2.81. The quantitative estimate of drug-likeness (QED) is 0.908. The molecule has 1 amide bonds. The molecule has 128 valence electrons. The van der Waals surface area contributed by atoms with Gasteiger partial charge in [0.15, 0.2) is 5.13 Å². The molecule has 0 bridgehead atoms. The average molecular weight is 366 g/mol. The van der Waals surface area contributed by atoms with Gasteiger partial charge in [-0.2, -0.15) is 0 Å². The number of benzene rings is 1. The highest BCUT2D eigenvalue weighted by Crippen LogP contribution is 2.43. The Kier molecular flexibility index (Phi) is 4.14. The van der Waals surface area contributed by atoms with Gasteiger partial charge in [0.2, 0.25) is 5.91 Å². The molecule has 1 atom stereocenters. The van der Waals surface area contributed by atoms with Gasteiger partial charge in [0.25, 0.3) is 0 Å². The molecular formula is C17H20ClN3O2S. The number of carbonyl (C=O) groups excluding carboxylic acids is 1. The summed E-state index contributed by atoms with van der Waals surface area (Å²) in [5.74, 6) is 0.203. The molecular weight excluding hydrogens is 346 g/mol. The second kappa shape index (κ2) is 6.17. The number of carbonyl (C=O) groups is 1. The van der Waals surface area contributed by atoms with E-state index in [0.29, 0.717) is 6.54 Å². The van der Waals surface area contributed by atoms with E-state index in [0.717, 1.165) is 59.3 Å². The second-order valence-corrected chi connectivity index (χ2v) is 8.13. The number of piperidine rings is 1. The summed E-state index contributed by atoms with van der Waals surface area (Å²) in [6.45, 7) is 2.82. The van der Waals surface area contributed by atoms with Crippen LogP contribution in [0.3, 0.4) is 0 Å². The van der Waals surface area contributed by atoms with E-state index in [1.54, 1.807) is 11.3 Å². The minimum atomic E-state index is -0.303. The van der Waals surface area contributed by atoms with E-state index in [2.05, 4.69) is 4.90 Å². The highest BCUT2D eigenvalue weighted by Gasteiger charge is 2.48. The number of hydrogen-bond acceptors (Lipinski definition) is 5. The summed E-state index contributed by atoms with van der Waals surface area (Å²) in [5, 5.41) is 10.9. The van der Waals surface area contributed by atoms with E-state index >= 15 is 0 Å². The average Bonchev–Trinajstić information content (AvgIpc) is 3.16. The predicted octanol–water partition coefficient (Wildman–Crippen LogP) is 2.76. The number of aliphatic hydroxyl groups excluding tert-OH is 1. The Morgan fingerprint density at radius 3 is 3.04 bits per heavy atom. The topological polar surface area (TPSA) is 56.7 Å². The lowest BCUT2D eigenvalue weighted by atomic mass is 9.78. The van der Waals surface area contributed by atoms with E-state index in [1.807, 2.05) is 23.1 Å². The molecule has 2 aromatic rings. The van der Waals surface area contributed by atoms with Crippen LogP contribution in [-0.2, 0) is 4.79 Å². The van der Waals surface area contributed by atoms with Crippen LogP contribution < -0.4 is 4.90 Å². The van der Waals surface area contributed by atoms with Gasteiger partial charge in [-0.15, -0.1) is 0 Å². The highest BCUT2D eigenvalue weighted by molar-refractivity contribution is 7.22. The number of rotatable bonds is 3. The molecule has 0 unspecified atom stereocenters. The van der Waals surface area contributed by atoms with Gasteiger partial charge < -0.3 is 14.9 Å². The van der Waals surface area contributed by atoms with Gasteiger partial charge in [0.1, 0.15) is 0 Å². The van der Waals surface area contributed by atoms with Gasteiger partial charge in [0, 0.05) is 31.2 Å². The summed E-state index contributed by atoms with van der Waals surface area (Å²) in [6, 6.07) is 5.74. The maximum Gasteiger partial charge on any atom is 0.230 e. The molecule has 1 aromatic heterocycles. The number of β-amino-alcohol motifs (C(OH)–C–C–N with tert-alkyl or cyclic N) is 1. The minimum absolute atomic E-state index is 0.0319. The molecule has 0 aliphatic carbocycles. The Bertz CT molecular complexity index is 778. The van der Waals surface area contributed by atoms with Gasteiger partial charge in [-0.05, 0) is 37.5 Å². The lowest BCUT2D eigenvalue weighted by molar-refractivity contribution is -0.145. The third-order valence-electron chi connectivity index (χ3n) is 5.16. The fourth-order valence-corrected chi connectivity index (χ4v) is 5.19. The molecule has 1 N–H and O–H groups in total. The zero-order valence-electron chi connectivity index (χ0n) is 13.4. The molecule has 2 fully saturated rings. The SMILES string of the molecule is O=C1N(CCO)CCC[C@@]12CCN(c1nc3ccc(Cl)cc3s1)C2. The maximum atomic E-state index is 12.9. The minimum Gasteiger partial charge on any atom is -0.395 e. The maximum absolute atomic E-state index is 12.9. The number of aliphatic hydroxyl groups is 1. The lowest BCUT2D eigenvalue weighted by Crippen LogP contribution is -2.50. The molecule has 5 nitrogen and oxygen atoms in total. The number of hydrogen-bond donors (Lipinski definition) is 1. The fourth-order valence-electron chi connectivity index (χ4n) is 3.92. The van der Waals surface area contributed by atoms with Crippen LogP contribution in [0.4, 0.5) is 5.13 Å². The van der Waals surface area contributed by atoms with Crippen molar-refractivity contribution in [2.45, 2.75) is 19.3 Å².